The Kier molecular flexibility index (Phi) is 3.87. The van der Waals surface area contributed by atoms with Gasteiger partial charge >= 0.3 is 0 Å². The Morgan fingerprint density at radius 3 is 2.71 bits per heavy atom. The summed E-state index contributed by atoms with van der Waals surface area (Å²) >= 11 is 0. The number of aliphatic hydroxyl groups excluding tert-OH is 1. The van der Waals surface area contributed by atoms with Gasteiger partial charge in [-0.05, 0) is 39.0 Å². The van der Waals surface area contributed by atoms with Crippen molar-refractivity contribution in [2.75, 3.05) is 0 Å². The summed E-state index contributed by atoms with van der Waals surface area (Å²) in [6.07, 6.45) is -0.661. The molecule has 0 radical (unpaired) electrons. The van der Waals surface area contributed by atoms with E-state index in [1.807, 2.05) is 6.07 Å². The third-order valence-electron chi connectivity index (χ3n) is 2.73. The first-order valence-electron chi connectivity index (χ1n) is 5.37. The zero-order valence-electron chi connectivity index (χ0n) is 10.2. The standard InChI is InChI=1S/C13H16N2O2/c1-9(16)13(2,3)15-12(17)11-6-4-5-10(7-11)8-14/h4-7,9,16H,1-3H3,(H,15,17). The molecular weight excluding hydrogens is 216 g/mol. The summed E-state index contributed by atoms with van der Waals surface area (Å²) in [7, 11) is 0. The van der Waals surface area contributed by atoms with Crippen LogP contribution in [0.3, 0.4) is 0 Å². The van der Waals surface area contributed by atoms with Gasteiger partial charge in [-0.25, -0.2) is 0 Å². The van der Waals surface area contributed by atoms with Crippen LogP contribution >= 0.6 is 0 Å². The summed E-state index contributed by atoms with van der Waals surface area (Å²) in [5, 5.41) is 21.0. The van der Waals surface area contributed by atoms with Crippen molar-refractivity contribution >= 4 is 5.91 Å². The molecule has 1 unspecified atom stereocenters. The molecule has 0 heterocycles. The van der Waals surface area contributed by atoms with Crippen molar-refractivity contribution in [2.45, 2.75) is 32.4 Å². The Hall–Kier alpha value is -1.86. The van der Waals surface area contributed by atoms with E-state index in [9.17, 15) is 9.90 Å². The maximum Gasteiger partial charge on any atom is 0.251 e. The van der Waals surface area contributed by atoms with E-state index >= 15 is 0 Å². The Bertz CT molecular complexity index is 459. The molecule has 90 valence electrons. The van der Waals surface area contributed by atoms with Gasteiger partial charge in [-0.3, -0.25) is 4.79 Å². The van der Waals surface area contributed by atoms with Crippen LogP contribution in [0.5, 0.6) is 0 Å². The molecule has 2 N–H and O–H groups in total. The summed E-state index contributed by atoms with van der Waals surface area (Å²) < 4.78 is 0. The molecular formula is C13H16N2O2. The molecule has 1 aromatic rings. The molecule has 1 amide bonds. The van der Waals surface area contributed by atoms with E-state index in [1.54, 1.807) is 39.0 Å². The number of hydrogen-bond acceptors (Lipinski definition) is 3. The van der Waals surface area contributed by atoms with Gasteiger partial charge in [-0.2, -0.15) is 5.26 Å². The molecule has 1 atom stereocenters. The molecule has 0 saturated heterocycles. The van der Waals surface area contributed by atoms with Crippen LogP contribution in [0.2, 0.25) is 0 Å². The molecule has 0 aliphatic carbocycles. The molecule has 0 fully saturated rings. The third-order valence-corrected chi connectivity index (χ3v) is 2.73. The zero-order chi connectivity index (χ0) is 13.1. The van der Waals surface area contributed by atoms with Gasteiger partial charge < -0.3 is 10.4 Å². The topological polar surface area (TPSA) is 73.1 Å². The van der Waals surface area contributed by atoms with Crippen LogP contribution in [-0.4, -0.2) is 22.7 Å². The molecule has 4 nitrogen and oxygen atoms in total. The van der Waals surface area contributed by atoms with Crippen molar-refractivity contribution in [3.63, 3.8) is 0 Å². The number of amides is 1. The zero-order valence-corrected chi connectivity index (χ0v) is 10.2. The van der Waals surface area contributed by atoms with Crippen LogP contribution in [0.25, 0.3) is 0 Å². The number of rotatable bonds is 3. The summed E-state index contributed by atoms with van der Waals surface area (Å²) in [5.41, 5.74) is 0.144. The van der Waals surface area contributed by atoms with Crippen molar-refractivity contribution in [3.05, 3.63) is 35.4 Å². The van der Waals surface area contributed by atoms with E-state index in [4.69, 9.17) is 5.26 Å². The van der Waals surface area contributed by atoms with Crippen LogP contribution in [0.4, 0.5) is 0 Å². The van der Waals surface area contributed by atoms with Crippen molar-refractivity contribution in [2.24, 2.45) is 0 Å². The van der Waals surface area contributed by atoms with E-state index in [0.29, 0.717) is 11.1 Å². The van der Waals surface area contributed by atoms with Crippen LogP contribution in [0, 0.1) is 11.3 Å². The molecule has 1 aromatic carbocycles. The monoisotopic (exact) mass is 232 g/mol. The maximum atomic E-state index is 11.9. The van der Waals surface area contributed by atoms with Gasteiger partial charge in [0, 0.05) is 5.56 Å². The van der Waals surface area contributed by atoms with E-state index in [2.05, 4.69) is 5.32 Å². The minimum absolute atomic E-state index is 0.298. The fourth-order valence-electron chi connectivity index (χ4n) is 1.20. The number of hydrogen-bond donors (Lipinski definition) is 2. The second-order valence-electron chi connectivity index (χ2n) is 4.54. The molecule has 0 aliphatic heterocycles. The highest BCUT2D eigenvalue weighted by Crippen LogP contribution is 2.11. The average molecular weight is 232 g/mol. The predicted molar refractivity (Wildman–Crippen MR) is 64.4 cm³/mol. The summed E-state index contributed by atoms with van der Waals surface area (Å²) in [6.45, 7) is 5.10. The van der Waals surface area contributed by atoms with Gasteiger partial charge in [0.05, 0.1) is 23.3 Å². The van der Waals surface area contributed by atoms with Crippen LogP contribution in [0.15, 0.2) is 24.3 Å². The van der Waals surface area contributed by atoms with Gasteiger partial charge in [0.25, 0.3) is 5.91 Å². The van der Waals surface area contributed by atoms with Crippen molar-refractivity contribution < 1.29 is 9.90 Å². The van der Waals surface area contributed by atoms with Gasteiger partial charge in [-0.15, -0.1) is 0 Å². The van der Waals surface area contributed by atoms with E-state index in [0.717, 1.165) is 0 Å². The second-order valence-corrected chi connectivity index (χ2v) is 4.54. The molecule has 0 bridgehead atoms. The molecule has 17 heavy (non-hydrogen) atoms. The van der Waals surface area contributed by atoms with Gasteiger partial charge in [0.2, 0.25) is 0 Å². The Balaban J connectivity index is 2.88. The van der Waals surface area contributed by atoms with E-state index in [1.165, 1.54) is 6.07 Å². The SMILES string of the molecule is CC(O)C(C)(C)NC(=O)c1cccc(C#N)c1. The maximum absolute atomic E-state index is 11.9. The lowest BCUT2D eigenvalue weighted by atomic mass is 9.98. The number of carbonyl (C=O) groups is 1. The fourth-order valence-corrected chi connectivity index (χ4v) is 1.20. The van der Waals surface area contributed by atoms with Gasteiger partial charge in [0.15, 0.2) is 0 Å². The Morgan fingerprint density at radius 1 is 1.53 bits per heavy atom. The van der Waals surface area contributed by atoms with Crippen molar-refractivity contribution in [3.8, 4) is 6.07 Å². The highest BCUT2D eigenvalue weighted by molar-refractivity contribution is 5.95. The van der Waals surface area contributed by atoms with Crippen molar-refractivity contribution in [1.82, 2.24) is 5.32 Å². The lowest BCUT2D eigenvalue weighted by molar-refractivity contribution is 0.0709. The lowest BCUT2D eigenvalue weighted by Crippen LogP contribution is -2.50. The number of nitrogens with one attached hydrogen (secondary N) is 1. The first kappa shape index (κ1) is 13.2. The first-order chi connectivity index (χ1) is 7.86. The fraction of sp³-hybridized carbons (Fsp3) is 0.385. The largest absolute Gasteiger partial charge is 0.391 e. The molecule has 1 rings (SSSR count). The lowest BCUT2D eigenvalue weighted by Gasteiger charge is -2.29. The minimum atomic E-state index is -0.709. The third kappa shape index (κ3) is 3.30. The van der Waals surface area contributed by atoms with Gasteiger partial charge in [-0.1, -0.05) is 6.07 Å². The highest BCUT2D eigenvalue weighted by atomic mass is 16.3. The van der Waals surface area contributed by atoms with Gasteiger partial charge in [0.1, 0.15) is 0 Å². The summed E-state index contributed by atoms with van der Waals surface area (Å²) in [5.74, 6) is -0.298. The predicted octanol–water partition coefficient (Wildman–Crippen LogP) is 1.45. The molecule has 0 aliphatic rings. The van der Waals surface area contributed by atoms with E-state index in [-0.39, 0.29) is 5.91 Å². The number of nitriles is 1. The normalized spacial score (nSPS) is 12.6. The highest BCUT2D eigenvalue weighted by Gasteiger charge is 2.26. The number of benzene rings is 1. The first-order valence-corrected chi connectivity index (χ1v) is 5.37. The average Bonchev–Trinajstić information content (AvgIpc) is 2.28. The summed E-state index contributed by atoms with van der Waals surface area (Å²) in [6, 6.07) is 8.42. The van der Waals surface area contributed by atoms with Crippen LogP contribution in [-0.2, 0) is 0 Å². The number of nitrogens with zero attached hydrogens (tertiary/aromatic N) is 1. The number of aliphatic hydroxyl groups is 1. The minimum Gasteiger partial charge on any atom is -0.391 e. The molecule has 0 saturated carbocycles. The molecule has 0 spiro atoms. The van der Waals surface area contributed by atoms with E-state index < -0.39 is 11.6 Å². The second kappa shape index (κ2) is 4.98. The smallest absolute Gasteiger partial charge is 0.251 e. The summed E-state index contributed by atoms with van der Waals surface area (Å²) in [4.78, 5) is 11.9. The quantitative estimate of drug-likeness (QED) is 0.828. The van der Waals surface area contributed by atoms with Crippen molar-refractivity contribution in [1.29, 1.82) is 5.26 Å². The Labute approximate surface area is 101 Å². The van der Waals surface area contributed by atoms with Crippen LogP contribution < -0.4 is 5.32 Å². The van der Waals surface area contributed by atoms with Crippen LogP contribution in [0.1, 0.15) is 36.7 Å². The Morgan fingerprint density at radius 2 is 2.18 bits per heavy atom. The molecule has 0 aromatic heterocycles. The number of carbonyl (C=O) groups excluding carboxylic acids is 1. The molecule has 4 heteroatoms.